The monoisotopic (exact) mass is 389 g/mol. The molecule has 7 nitrogen and oxygen atoms in total. The van der Waals surface area contributed by atoms with Gasteiger partial charge in [-0.25, -0.2) is 4.98 Å². The fourth-order valence-electron chi connectivity index (χ4n) is 2.86. The van der Waals surface area contributed by atoms with Gasteiger partial charge in [-0.05, 0) is 32.9 Å². The van der Waals surface area contributed by atoms with Crippen LogP contribution in [-0.2, 0) is 4.74 Å². The Balaban J connectivity index is 2.17. The minimum Gasteiger partial charge on any atom is -0.394 e. The number of aliphatic hydroxyl groups is 3. The second kappa shape index (κ2) is 6.57. The van der Waals surface area contributed by atoms with Gasteiger partial charge in [-0.15, -0.1) is 0 Å². The maximum Gasteiger partial charge on any atom is 0.206 e. The zero-order chi connectivity index (χ0) is 18.5. The molecule has 9 heteroatoms. The van der Waals surface area contributed by atoms with Gasteiger partial charge in [0.2, 0.25) is 5.95 Å². The van der Waals surface area contributed by atoms with Crippen LogP contribution in [-0.4, -0.2) is 55.3 Å². The van der Waals surface area contributed by atoms with Crippen LogP contribution in [0.3, 0.4) is 0 Å². The van der Waals surface area contributed by atoms with E-state index < -0.39 is 31.1 Å². The number of benzene rings is 1. The molecule has 1 aromatic heterocycles. The van der Waals surface area contributed by atoms with E-state index in [9.17, 15) is 15.3 Å². The van der Waals surface area contributed by atoms with Crippen LogP contribution in [0.1, 0.15) is 27.0 Å². The molecular formula is C16H21Cl2N3O4. The first-order valence-corrected chi connectivity index (χ1v) is 8.65. The summed E-state index contributed by atoms with van der Waals surface area (Å²) < 4.78 is 7.30. The van der Waals surface area contributed by atoms with E-state index in [0.29, 0.717) is 27.0 Å². The van der Waals surface area contributed by atoms with Crippen molar-refractivity contribution >= 4 is 40.2 Å². The predicted octanol–water partition coefficient (Wildman–Crippen LogP) is 2.17. The summed E-state index contributed by atoms with van der Waals surface area (Å²) in [5, 5.41) is 33.8. The van der Waals surface area contributed by atoms with Crippen molar-refractivity contribution in [2.75, 3.05) is 11.9 Å². The molecule has 138 valence electrons. The number of nitrogens with one attached hydrogen (secondary N) is 1. The Hall–Kier alpha value is -1.09. The highest BCUT2D eigenvalue weighted by Crippen LogP contribution is 2.37. The van der Waals surface area contributed by atoms with Crippen molar-refractivity contribution < 1.29 is 20.1 Å². The molecule has 1 aromatic carbocycles. The molecule has 0 bridgehead atoms. The Morgan fingerprint density at radius 1 is 1.20 bits per heavy atom. The van der Waals surface area contributed by atoms with E-state index in [4.69, 9.17) is 27.9 Å². The molecule has 0 unspecified atom stereocenters. The van der Waals surface area contributed by atoms with E-state index in [1.807, 2.05) is 20.8 Å². The molecule has 4 atom stereocenters. The number of aliphatic hydroxyl groups excluding tert-OH is 3. The van der Waals surface area contributed by atoms with Crippen LogP contribution < -0.4 is 5.32 Å². The van der Waals surface area contributed by atoms with E-state index in [1.165, 1.54) is 0 Å². The lowest BCUT2D eigenvalue weighted by Crippen LogP contribution is -2.34. The van der Waals surface area contributed by atoms with Crippen molar-refractivity contribution in [1.82, 2.24) is 9.55 Å². The van der Waals surface area contributed by atoms with Gasteiger partial charge in [-0.3, -0.25) is 4.57 Å². The lowest BCUT2D eigenvalue weighted by molar-refractivity contribution is -0.0500. The summed E-state index contributed by atoms with van der Waals surface area (Å²) in [4.78, 5) is 4.53. The first-order chi connectivity index (χ1) is 11.6. The lowest BCUT2D eigenvalue weighted by Gasteiger charge is -2.25. The zero-order valence-corrected chi connectivity index (χ0v) is 15.6. The summed E-state index contributed by atoms with van der Waals surface area (Å²) in [5.41, 5.74) is 0.848. The maximum atomic E-state index is 10.4. The Morgan fingerprint density at radius 2 is 1.84 bits per heavy atom. The molecule has 0 amide bonds. The van der Waals surface area contributed by atoms with Gasteiger partial charge in [-0.1, -0.05) is 23.2 Å². The predicted molar refractivity (Wildman–Crippen MR) is 96.1 cm³/mol. The van der Waals surface area contributed by atoms with Crippen molar-refractivity contribution in [3.8, 4) is 0 Å². The number of hydrogen-bond donors (Lipinski definition) is 4. The molecule has 1 aliphatic rings. The smallest absolute Gasteiger partial charge is 0.206 e. The van der Waals surface area contributed by atoms with Gasteiger partial charge < -0.3 is 25.4 Å². The topological polar surface area (TPSA) is 99.8 Å². The second-order valence-electron chi connectivity index (χ2n) is 7.16. The van der Waals surface area contributed by atoms with Crippen molar-refractivity contribution in [3.05, 3.63) is 22.2 Å². The molecule has 1 aliphatic heterocycles. The third-order valence-electron chi connectivity index (χ3n) is 3.99. The first-order valence-electron chi connectivity index (χ1n) is 7.90. The van der Waals surface area contributed by atoms with Gasteiger partial charge in [0.15, 0.2) is 6.23 Å². The molecule has 0 spiro atoms. The number of rotatable bonds is 3. The molecule has 1 fully saturated rings. The Bertz CT molecular complexity index is 790. The van der Waals surface area contributed by atoms with Crippen LogP contribution in [0.4, 0.5) is 5.95 Å². The zero-order valence-electron chi connectivity index (χ0n) is 14.1. The Morgan fingerprint density at radius 3 is 2.40 bits per heavy atom. The van der Waals surface area contributed by atoms with Crippen molar-refractivity contribution in [2.24, 2.45) is 0 Å². The SMILES string of the molecule is CC(C)(C)Nc1nc2cc(Cl)c(Cl)cc2n1[C@H]1O[C@@H](CO)[C@H](O)[C@@H]1O. The number of imidazole rings is 1. The quantitative estimate of drug-likeness (QED) is 0.641. The number of aromatic nitrogens is 2. The van der Waals surface area contributed by atoms with Gasteiger partial charge in [0.1, 0.15) is 18.3 Å². The molecule has 2 aromatic rings. The number of halogens is 2. The third kappa shape index (κ3) is 3.45. The van der Waals surface area contributed by atoms with E-state index in [0.717, 1.165) is 0 Å². The van der Waals surface area contributed by atoms with Gasteiger partial charge in [0.05, 0.1) is 27.7 Å². The van der Waals surface area contributed by atoms with Crippen LogP contribution in [0.15, 0.2) is 12.1 Å². The van der Waals surface area contributed by atoms with E-state index >= 15 is 0 Å². The molecule has 2 heterocycles. The highest BCUT2D eigenvalue weighted by molar-refractivity contribution is 6.42. The van der Waals surface area contributed by atoms with Gasteiger partial charge in [0.25, 0.3) is 0 Å². The average Bonchev–Trinajstić information content (AvgIpc) is 2.96. The largest absolute Gasteiger partial charge is 0.394 e. The molecule has 0 saturated carbocycles. The summed E-state index contributed by atoms with van der Waals surface area (Å²) in [6.45, 7) is 5.49. The van der Waals surface area contributed by atoms with E-state index in [1.54, 1.807) is 16.7 Å². The molecule has 4 N–H and O–H groups in total. The van der Waals surface area contributed by atoms with Crippen molar-refractivity contribution in [2.45, 2.75) is 50.8 Å². The maximum absolute atomic E-state index is 10.4. The van der Waals surface area contributed by atoms with Crippen LogP contribution in [0.5, 0.6) is 0 Å². The first kappa shape index (κ1) is 18.7. The number of nitrogens with zero attached hydrogens (tertiary/aromatic N) is 2. The second-order valence-corrected chi connectivity index (χ2v) is 7.98. The normalized spacial score (nSPS) is 27.2. The van der Waals surface area contributed by atoms with Gasteiger partial charge in [0, 0.05) is 5.54 Å². The molecule has 1 saturated heterocycles. The van der Waals surface area contributed by atoms with E-state index in [-0.39, 0.29) is 5.54 Å². The van der Waals surface area contributed by atoms with Gasteiger partial charge in [-0.2, -0.15) is 0 Å². The highest BCUT2D eigenvalue weighted by Gasteiger charge is 2.44. The lowest BCUT2D eigenvalue weighted by atomic mass is 10.1. The fourth-order valence-corrected chi connectivity index (χ4v) is 3.18. The Kier molecular flexibility index (Phi) is 4.91. The molecule has 0 aliphatic carbocycles. The number of ether oxygens (including phenoxy) is 1. The molecule has 25 heavy (non-hydrogen) atoms. The van der Waals surface area contributed by atoms with Crippen molar-refractivity contribution in [1.29, 1.82) is 0 Å². The highest BCUT2D eigenvalue weighted by atomic mass is 35.5. The Labute approximate surface area is 155 Å². The van der Waals surface area contributed by atoms with Crippen LogP contribution in [0, 0.1) is 0 Å². The van der Waals surface area contributed by atoms with Crippen LogP contribution in [0.25, 0.3) is 11.0 Å². The summed E-state index contributed by atoms with van der Waals surface area (Å²) in [7, 11) is 0. The third-order valence-corrected chi connectivity index (χ3v) is 4.71. The molecule has 0 radical (unpaired) electrons. The average molecular weight is 390 g/mol. The van der Waals surface area contributed by atoms with Crippen molar-refractivity contribution in [3.63, 3.8) is 0 Å². The number of anilines is 1. The van der Waals surface area contributed by atoms with Crippen LogP contribution in [0.2, 0.25) is 10.0 Å². The number of fused-ring (bicyclic) bond motifs is 1. The van der Waals surface area contributed by atoms with E-state index in [2.05, 4.69) is 10.3 Å². The summed E-state index contributed by atoms with van der Waals surface area (Å²) in [5.74, 6) is 0.440. The molecular weight excluding hydrogens is 369 g/mol. The van der Waals surface area contributed by atoms with Crippen LogP contribution >= 0.6 is 23.2 Å². The minimum absolute atomic E-state index is 0.314. The fraction of sp³-hybridized carbons (Fsp3) is 0.562. The number of hydrogen-bond acceptors (Lipinski definition) is 6. The minimum atomic E-state index is -1.23. The summed E-state index contributed by atoms with van der Waals surface area (Å²) in [6, 6.07) is 3.26. The standard InChI is InChI=1S/C16H21Cl2N3O4/c1-16(2,3)20-15-19-9-4-7(17)8(18)5-10(9)21(15)14-13(24)12(23)11(6-22)25-14/h4-5,11-14,22-24H,6H2,1-3H3,(H,19,20)/t11-,12-,13-,14-/m0/s1. The molecule has 3 rings (SSSR count). The summed E-state index contributed by atoms with van der Waals surface area (Å²) in [6.07, 6.45) is -4.26. The van der Waals surface area contributed by atoms with Gasteiger partial charge >= 0.3 is 0 Å². The summed E-state index contributed by atoms with van der Waals surface area (Å²) >= 11 is 12.2.